The van der Waals surface area contributed by atoms with Gasteiger partial charge < -0.3 is 10.6 Å². The fraction of sp³-hybridized carbons (Fsp3) is 0.600. The van der Waals surface area contributed by atoms with Crippen LogP contribution in [0.15, 0.2) is 12.3 Å². The fourth-order valence-corrected chi connectivity index (χ4v) is 1.92. The number of hydrogen-bond donors (Lipinski definition) is 1. The molecule has 14 heavy (non-hydrogen) atoms. The summed E-state index contributed by atoms with van der Waals surface area (Å²) >= 11 is 0. The highest BCUT2D eigenvalue weighted by molar-refractivity contribution is 5.33. The van der Waals surface area contributed by atoms with E-state index in [0.29, 0.717) is 12.6 Å². The van der Waals surface area contributed by atoms with Crippen LogP contribution in [0.3, 0.4) is 0 Å². The lowest BCUT2D eigenvalue weighted by atomic mass is 10.2. The molecule has 1 atom stereocenters. The summed E-state index contributed by atoms with van der Waals surface area (Å²) in [7, 11) is 0. The third-order valence-corrected chi connectivity index (χ3v) is 2.69. The Morgan fingerprint density at radius 3 is 3.21 bits per heavy atom. The number of rotatable bonds is 2. The summed E-state index contributed by atoms with van der Waals surface area (Å²) in [6.07, 6.45) is 4.16. The first-order chi connectivity index (χ1) is 6.81. The number of aryl methyl sites for hydroxylation is 1. The van der Waals surface area contributed by atoms with Crippen LogP contribution in [0.2, 0.25) is 0 Å². The number of aromatic nitrogens is 2. The largest absolute Gasteiger partial charge is 0.337 e. The SMILES string of the molecule is Cc1ccnc(N2CCC[C@H]2CN)n1. The zero-order chi connectivity index (χ0) is 9.97. The molecule has 2 N–H and O–H groups in total. The van der Waals surface area contributed by atoms with E-state index < -0.39 is 0 Å². The van der Waals surface area contributed by atoms with Gasteiger partial charge in [-0.25, -0.2) is 9.97 Å². The number of hydrogen-bond acceptors (Lipinski definition) is 4. The Morgan fingerprint density at radius 1 is 1.64 bits per heavy atom. The van der Waals surface area contributed by atoms with Crippen molar-refractivity contribution in [3.63, 3.8) is 0 Å². The maximum absolute atomic E-state index is 5.70. The summed E-state index contributed by atoms with van der Waals surface area (Å²) in [5.41, 5.74) is 6.71. The molecule has 0 aromatic carbocycles. The maximum atomic E-state index is 5.70. The Hall–Kier alpha value is -1.16. The predicted octanol–water partition coefficient (Wildman–Crippen LogP) is 0.713. The van der Waals surface area contributed by atoms with E-state index in [2.05, 4.69) is 14.9 Å². The zero-order valence-corrected chi connectivity index (χ0v) is 8.48. The van der Waals surface area contributed by atoms with Crippen LogP contribution in [-0.4, -0.2) is 29.1 Å². The van der Waals surface area contributed by atoms with E-state index in [4.69, 9.17) is 5.73 Å². The quantitative estimate of drug-likeness (QED) is 0.750. The fourth-order valence-electron chi connectivity index (χ4n) is 1.92. The van der Waals surface area contributed by atoms with E-state index in [0.717, 1.165) is 24.6 Å². The van der Waals surface area contributed by atoms with Crippen LogP contribution in [0, 0.1) is 6.92 Å². The Kier molecular flexibility index (Phi) is 2.63. The molecule has 1 aliphatic rings. The molecule has 1 fully saturated rings. The van der Waals surface area contributed by atoms with Gasteiger partial charge in [0.25, 0.3) is 0 Å². The number of nitrogens with zero attached hydrogens (tertiary/aromatic N) is 3. The first-order valence-corrected chi connectivity index (χ1v) is 5.07. The van der Waals surface area contributed by atoms with E-state index in [1.165, 1.54) is 6.42 Å². The van der Waals surface area contributed by atoms with Gasteiger partial charge in [-0.1, -0.05) is 0 Å². The molecule has 1 aromatic rings. The lowest BCUT2D eigenvalue weighted by Gasteiger charge is -2.23. The zero-order valence-electron chi connectivity index (χ0n) is 8.48. The Balaban J connectivity index is 2.21. The highest BCUT2D eigenvalue weighted by Gasteiger charge is 2.24. The van der Waals surface area contributed by atoms with Gasteiger partial charge in [-0.15, -0.1) is 0 Å². The minimum Gasteiger partial charge on any atom is -0.337 e. The van der Waals surface area contributed by atoms with E-state index in [1.807, 2.05) is 19.2 Å². The summed E-state index contributed by atoms with van der Waals surface area (Å²) in [5.74, 6) is 0.831. The second-order valence-electron chi connectivity index (χ2n) is 3.72. The van der Waals surface area contributed by atoms with Gasteiger partial charge >= 0.3 is 0 Å². The molecule has 0 spiro atoms. The molecule has 0 saturated carbocycles. The van der Waals surface area contributed by atoms with E-state index >= 15 is 0 Å². The average Bonchev–Trinajstić information content (AvgIpc) is 2.65. The summed E-state index contributed by atoms with van der Waals surface area (Å²) in [4.78, 5) is 10.9. The third-order valence-electron chi connectivity index (χ3n) is 2.69. The molecular formula is C10H16N4. The van der Waals surface area contributed by atoms with E-state index in [1.54, 1.807) is 0 Å². The van der Waals surface area contributed by atoms with Crippen molar-refractivity contribution >= 4 is 5.95 Å². The summed E-state index contributed by atoms with van der Waals surface area (Å²) in [6.45, 7) is 3.71. The van der Waals surface area contributed by atoms with Crippen molar-refractivity contribution in [2.75, 3.05) is 18.0 Å². The standard InChI is InChI=1S/C10H16N4/c1-8-4-5-12-10(13-8)14-6-2-3-9(14)7-11/h4-5,9H,2-3,6-7,11H2,1H3/t9-/m0/s1. The summed E-state index contributed by atoms with van der Waals surface area (Å²) in [5, 5.41) is 0. The molecule has 1 saturated heterocycles. The van der Waals surface area contributed by atoms with Gasteiger partial charge in [0, 0.05) is 31.0 Å². The van der Waals surface area contributed by atoms with Crippen LogP contribution >= 0.6 is 0 Å². The van der Waals surface area contributed by atoms with Gasteiger partial charge in [-0.2, -0.15) is 0 Å². The molecule has 1 aromatic heterocycles. The van der Waals surface area contributed by atoms with Crippen molar-refractivity contribution in [1.29, 1.82) is 0 Å². The minimum absolute atomic E-state index is 0.428. The van der Waals surface area contributed by atoms with Crippen molar-refractivity contribution in [3.8, 4) is 0 Å². The summed E-state index contributed by atoms with van der Waals surface area (Å²) in [6, 6.07) is 2.34. The topological polar surface area (TPSA) is 55.0 Å². The first-order valence-electron chi connectivity index (χ1n) is 5.07. The van der Waals surface area contributed by atoms with Crippen LogP contribution in [0.25, 0.3) is 0 Å². The van der Waals surface area contributed by atoms with Crippen LogP contribution < -0.4 is 10.6 Å². The lowest BCUT2D eigenvalue weighted by Crippen LogP contribution is -2.36. The molecule has 4 nitrogen and oxygen atoms in total. The van der Waals surface area contributed by atoms with Crippen molar-refractivity contribution < 1.29 is 0 Å². The monoisotopic (exact) mass is 192 g/mol. The second-order valence-corrected chi connectivity index (χ2v) is 3.72. The minimum atomic E-state index is 0.428. The van der Waals surface area contributed by atoms with Gasteiger partial charge in [-0.3, -0.25) is 0 Å². The van der Waals surface area contributed by atoms with Gasteiger partial charge in [0.05, 0.1) is 0 Å². The van der Waals surface area contributed by atoms with Gasteiger partial charge in [0.1, 0.15) is 0 Å². The van der Waals surface area contributed by atoms with Crippen LogP contribution in [0.1, 0.15) is 18.5 Å². The molecule has 0 bridgehead atoms. The Labute approximate surface area is 84.2 Å². The molecular weight excluding hydrogens is 176 g/mol. The smallest absolute Gasteiger partial charge is 0.225 e. The highest BCUT2D eigenvalue weighted by Crippen LogP contribution is 2.21. The first kappa shape index (κ1) is 9.40. The van der Waals surface area contributed by atoms with Crippen LogP contribution in [-0.2, 0) is 0 Å². The second kappa shape index (κ2) is 3.92. The van der Waals surface area contributed by atoms with E-state index in [9.17, 15) is 0 Å². The van der Waals surface area contributed by atoms with Crippen molar-refractivity contribution in [1.82, 2.24) is 9.97 Å². The maximum Gasteiger partial charge on any atom is 0.225 e. The molecule has 76 valence electrons. The Morgan fingerprint density at radius 2 is 2.50 bits per heavy atom. The summed E-state index contributed by atoms with van der Waals surface area (Å²) < 4.78 is 0. The number of anilines is 1. The molecule has 0 radical (unpaired) electrons. The van der Waals surface area contributed by atoms with Gasteiger partial charge in [-0.05, 0) is 25.8 Å². The normalized spacial score (nSPS) is 21.6. The van der Waals surface area contributed by atoms with Crippen LogP contribution in [0.4, 0.5) is 5.95 Å². The molecule has 0 amide bonds. The van der Waals surface area contributed by atoms with Crippen LogP contribution in [0.5, 0.6) is 0 Å². The predicted molar refractivity (Wildman–Crippen MR) is 56.2 cm³/mol. The van der Waals surface area contributed by atoms with Gasteiger partial charge in [0.15, 0.2) is 0 Å². The molecule has 2 heterocycles. The average molecular weight is 192 g/mol. The lowest BCUT2D eigenvalue weighted by molar-refractivity contribution is 0.663. The Bertz CT molecular complexity index is 313. The highest BCUT2D eigenvalue weighted by atomic mass is 15.3. The molecule has 2 rings (SSSR count). The van der Waals surface area contributed by atoms with E-state index in [-0.39, 0.29) is 0 Å². The van der Waals surface area contributed by atoms with Crippen molar-refractivity contribution in [2.24, 2.45) is 5.73 Å². The molecule has 0 unspecified atom stereocenters. The number of nitrogens with two attached hydrogens (primary N) is 1. The third kappa shape index (κ3) is 1.70. The molecule has 4 heteroatoms. The van der Waals surface area contributed by atoms with Crippen molar-refractivity contribution in [2.45, 2.75) is 25.8 Å². The molecule has 0 aliphatic carbocycles. The molecule has 1 aliphatic heterocycles. The van der Waals surface area contributed by atoms with Gasteiger partial charge in [0.2, 0.25) is 5.95 Å². The van der Waals surface area contributed by atoms with Crippen molar-refractivity contribution in [3.05, 3.63) is 18.0 Å².